The lowest BCUT2D eigenvalue weighted by Crippen LogP contribution is -2.15. The number of primary amides is 1. The Labute approximate surface area is 75.5 Å². The van der Waals surface area contributed by atoms with Crippen molar-refractivity contribution in [2.24, 2.45) is 17.6 Å². The molecule has 0 spiro atoms. The molecule has 3 N–H and O–H groups in total. The summed E-state index contributed by atoms with van der Waals surface area (Å²) in [5, 5.41) is 6.87. The molecule has 1 aromatic heterocycles. The monoisotopic (exact) mass is 177 g/mol. The molecule has 1 aromatic rings. The first-order chi connectivity index (χ1) is 6.25. The number of aromatic amines is 1. The first kappa shape index (κ1) is 7.12. The molecule has 13 heavy (non-hydrogen) atoms. The maximum atomic E-state index is 11.0. The van der Waals surface area contributed by atoms with Gasteiger partial charge in [-0.15, -0.1) is 0 Å². The molecular formula is C9H11N3O. The molecule has 0 aliphatic heterocycles. The summed E-state index contributed by atoms with van der Waals surface area (Å²) in [7, 11) is 0. The van der Waals surface area contributed by atoms with Gasteiger partial charge in [-0.05, 0) is 31.1 Å². The fraction of sp³-hybridized carbons (Fsp3) is 0.556. The Morgan fingerprint density at radius 1 is 1.46 bits per heavy atom. The predicted molar refractivity (Wildman–Crippen MR) is 46.1 cm³/mol. The Hall–Kier alpha value is -1.32. The quantitative estimate of drug-likeness (QED) is 0.645. The fourth-order valence-corrected chi connectivity index (χ4v) is 2.33. The normalized spacial score (nSPS) is 29.2. The number of nitrogens with one attached hydrogen (secondary N) is 1. The van der Waals surface area contributed by atoms with E-state index in [-0.39, 0.29) is 0 Å². The number of amides is 1. The van der Waals surface area contributed by atoms with Crippen LogP contribution in [0.25, 0.3) is 0 Å². The molecule has 2 unspecified atom stereocenters. The van der Waals surface area contributed by atoms with Gasteiger partial charge in [-0.3, -0.25) is 9.89 Å². The lowest BCUT2D eigenvalue weighted by molar-refractivity contribution is 0.0994. The van der Waals surface area contributed by atoms with E-state index in [1.807, 2.05) is 0 Å². The molecule has 1 fully saturated rings. The van der Waals surface area contributed by atoms with Crippen LogP contribution in [0.1, 0.15) is 28.2 Å². The number of carbonyl (C=O) groups excluding carboxylic acids is 1. The average Bonchev–Trinajstić information content (AvgIpc) is 2.70. The third-order valence-corrected chi connectivity index (χ3v) is 3.19. The van der Waals surface area contributed by atoms with Crippen LogP contribution in [-0.2, 0) is 12.8 Å². The number of hydrogen-bond donors (Lipinski definition) is 2. The summed E-state index contributed by atoms with van der Waals surface area (Å²) in [6, 6.07) is 0. The van der Waals surface area contributed by atoms with Gasteiger partial charge in [-0.1, -0.05) is 0 Å². The van der Waals surface area contributed by atoms with Crippen molar-refractivity contribution < 1.29 is 4.79 Å². The molecule has 0 saturated heterocycles. The number of fused-ring (bicyclic) bond motifs is 2. The second-order valence-electron chi connectivity index (χ2n) is 4.06. The van der Waals surface area contributed by atoms with Crippen molar-refractivity contribution >= 4 is 5.91 Å². The van der Waals surface area contributed by atoms with Crippen LogP contribution < -0.4 is 5.73 Å². The molecule has 2 aliphatic rings. The Balaban J connectivity index is 2.06. The largest absolute Gasteiger partial charge is 0.364 e. The van der Waals surface area contributed by atoms with E-state index < -0.39 is 5.91 Å². The van der Waals surface area contributed by atoms with E-state index in [0.717, 1.165) is 35.9 Å². The third-order valence-electron chi connectivity index (χ3n) is 3.19. The number of rotatable bonds is 1. The van der Waals surface area contributed by atoms with Crippen molar-refractivity contribution in [3.63, 3.8) is 0 Å². The summed E-state index contributed by atoms with van der Waals surface area (Å²) in [5.41, 5.74) is 7.89. The standard InChI is InChI=1S/C9H11N3O/c10-9(13)8-6-2-4-1-5(4)3-7(6)11-12-8/h4-5H,1-3H2,(H2,10,13)(H,11,12). The van der Waals surface area contributed by atoms with E-state index in [2.05, 4.69) is 10.2 Å². The van der Waals surface area contributed by atoms with Gasteiger partial charge in [0.15, 0.2) is 5.69 Å². The van der Waals surface area contributed by atoms with Gasteiger partial charge in [0.05, 0.1) is 0 Å². The average molecular weight is 177 g/mol. The molecule has 68 valence electrons. The van der Waals surface area contributed by atoms with Crippen LogP contribution in [0.3, 0.4) is 0 Å². The zero-order valence-corrected chi connectivity index (χ0v) is 7.21. The summed E-state index contributed by atoms with van der Waals surface area (Å²) in [4.78, 5) is 11.0. The molecule has 0 aromatic carbocycles. The fourth-order valence-electron chi connectivity index (χ4n) is 2.33. The maximum Gasteiger partial charge on any atom is 0.269 e. The topological polar surface area (TPSA) is 71.8 Å². The minimum atomic E-state index is -0.406. The zero-order chi connectivity index (χ0) is 9.00. The highest BCUT2D eigenvalue weighted by atomic mass is 16.1. The van der Waals surface area contributed by atoms with E-state index in [1.165, 1.54) is 6.42 Å². The van der Waals surface area contributed by atoms with Crippen LogP contribution in [0.2, 0.25) is 0 Å². The number of nitrogens with zero attached hydrogens (tertiary/aromatic N) is 1. The van der Waals surface area contributed by atoms with Crippen LogP contribution in [0.5, 0.6) is 0 Å². The molecule has 2 aliphatic carbocycles. The van der Waals surface area contributed by atoms with Crippen molar-refractivity contribution in [1.29, 1.82) is 0 Å². The molecule has 1 saturated carbocycles. The van der Waals surface area contributed by atoms with Gasteiger partial charge >= 0.3 is 0 Å². The first-order valence-corrected chi connectivity index (χ1v) is 4.61. The third kappa shape index (κ3) is 0.913. The van der Waals surface area contributed by atoms with Gasteiger partial charge < -0.3 is 5.73 Å². The first-order valence-electron chi connectivity index (χ1n) is 4.61. The molecule has 4 nitrogen and oxygen atoms in total. The van der Waals surface area contributed by atoms with E-state index in [4.69, 9.17) is 5.73 Å². The number of nitrogens with two attached hydrogens (primary N) is 1. The number of carbonyl (C=O) groups is 1. The minimum absolute atomic E-state index is 0.406. The summed E-state index contributed by atoms with van der Waals surface area (Å²) in [6.07, 6.45) is 3.36. The predicted octanol–water partition coefficient (Wildman–Crippen LogP) is 0.243. The summed E-state index contributed by atoms with van der Waals surface area (Å²) in [5.74, 6) is 1.23. The molecule has 1 heterocycles. The lowest BCUT2D eigenvalue weighted by atomic mass is 9.96. The van der Waals surface area contributed by atoms with Crippen molar-refractivity contribution in [2.45, 2.75) is 19.3 Å². The second kappa shape index (κ2) is 2.13. The minimum Gasteiger partial charge on any atom is -0.364 e. The van der Waals surface area contributed by atoms with Crippen LogP contribution in [-0.4, -0.2) is 16.1 Å². The van der Waals surface area contributed by atoms with E-state index >= 15 is 0 Å². The Morgan fingerprint density at radius 3 is 3.00 bits per heavy atom. The zero-order valence-electron chi connectivity index (χ0n) is 7.21. The molecule has 4 heteroatoms. The summed E-state index contributed by atoms with van der Waals surface area (Å²) in [6.45, 7) is 0. The van der Waals surface area contributed by atoms with Crippen molar-refractivity contribution in [1.82, 2.24) is 10.2 Å². The van der Waals surface area contributed by atoms with Gasteiger partial charge in [0.2, 0.25) is 0 Å². The molecule has 2 atom stereocenters. The number of hydrogen-bond acceptors (Lipinski definition) is 2. The van der Waals surface area contributed by atoms with Gasteiger partial charge in [0, 0.05) is 11.3 Å². The molecule has 0 bridgehead atoms. The van der Waals surface area contributed by atoms with E-state index in [9.17, 15) is 4.79 Å². The van der Waals surface area contributed by atoms with Crippen molar-refractivity contribution in [3.8, 4) is 0 Å². The van der Waals surface area contributed by atoms with Crippen LogP contribution in [0.4, 0.5) is 0 Å². The summed E-state index contributed by atoms with van der Waals surface area (Å²) < 4.78 is 0. The number of aromatic nitrogens is 2. The Bertz CT molecular complexity index is 382. The Kier molecular flexibility index (Phi) is 1.17. The van der Waals surface area contributed by atoms with Gasteiger partial charge in [-0.2, -0.15) is 5.10 Å². The molecule has 3 rings (SSSR count). The molecular weight excluding hydrogens is 166 g/mol. The van der Waals surface area contributed by atoms with Gasteiger partial charge in [-0.25, -0.2) is 0 Å². The van der Waals surface area contributed by atoms with Crippen LogP contribution in [0, 0.1) is 11.8 Å². The second-order valence-corrected chi connectivity index (χ2v) is 4.06. The van der Waals surface area contributed by atoms with Gasteiger partial charge in [0.25, 0.3) is 5.91 Å². The van der Waals surface area contributed by atoms with Crippen LogP contribution in [0.15, 0.2) is 0 Å². The highest BCUT2D eigenvalue weighted by Crippen LogP contribution is 2.47. The summed E-state index contributed by atoms with van der Waals surface area (Å²) >= 11 is 0. The smallest absolute Gasteiger partial charge is 0.269 e. The van der Waals surface area contributed by atoms with Crippen LogP contribution >= 0.6 is 0 Å². The van der Waals surface area contributed by atoms with Crippen molar-refractivity contribution in [3.05, 3.63) is 17.0 Å². The Morgan fingerprint density at radius 2 is 2.23 bits per heavy atom. The van der Waals surface area contributed by atoms with E-state index in [0.29, 0.717) is 5.69 Å². The van der Waals surface area contributed by atoms with Gasteiger partial charge in [0.1, 0.15) is 0 Å². The SMILES string of the molecule is NC(=O)c1n[nH]c2c1CC1CC1C2. The molecule has 0 radical (unpaired) electrons. The van der Waals surface area contributed by atoms with Crippen molar-refractivity contribution in [2.75, 3.05) is 0 Å². The highest BCUT2D eigenvalue weighted by Gasteiger charge is 2.43. The van der Waals surface area contributed by atoms with E-state index in [1.54, 1.807) is 0 Å². The highest BCUT2D eigenvalue weighted by molar-refractivity contribution is 5.92. The lowest BCUT2D eigenvalue weighted by Gasteiger charge is -2.08. The number of H-pyrrole nitrogens is 1. The molecule has 1 amide bonds. The maximum absolute atomic E-state index is 11.0.